The van der Waals surface area contributed by atoms with E-state index in [1.807, 2.05) is 42.2 Å². The van der Waals surface area contributed by atoms with Gasteiger partial charge in [0.05, 0.1) is 6.61 Å². The largest absolute Gasteiger partial charge is 0.494 e. The van der Waals surface area contributed by atoms with Crippen LogP contribution in [0.5, 0.6) is 5.75 Å². The Morgan fingerprint density at radius 1 is 1.21 bits per heavy atom. The van der Waals surface area contributed by atoms with Gasteiger partial charge in [0.15, 0.2) is 0 Å². The van der Waals surface area contributed by atoms with E-state index in [9.17, 15) is 9.59 Å². The van der Waals surface area contributed by atoms with Crippen molar-refractivity contribution in [3.63, 3.8) is 0 Å². The molecule has 0 spiro atoms. The standard InChI is InChI=1S/C22H27N3O3/c1-2-13-28-20-7-3-6-19(14-20)22(27)25-11-8-18(9-12-25)21(26)24-16-17-5-4-10-23-15-17/h3-7,10,14-15,18H,2,8-9,11-13,16H2,1H3,(H,24,26). The van der Waals surface area contributed by atoms with Crippen LogP contribution in [0.4, 0.5) is 0 Å². The van der Waals surface area contributed by atoms with Crippen molar-refractivity contribution in [3.05, 3.63) is 59.9 Å². The van der Waals surface area contributed by atoms with Gasteiger partial charge in [-0.25, -0.2) is 0 Å². The van der Waals surface area contributed by atoms with Crippen LogP contribution in [-0.4, -0.2) is 41.4 Å². The lowest BCUT2D eigenvalue weighted by Crippen LogP contribution is -2.42. The van der Waals surface area contributed by atoms with E-state index in [-0.39, 0.29) is 17.7 Å². The maximum atomic E-state index is 12.8. The molecule has 0 bridgehead atoms. The fourth-order valence-corrected chi connectivity index (χ4v) is 3.30. The number of aromatic nitrogens is 1. The fraction of sp³-hybridized carbons (Fsp3) is 0.409. The summed E-state index contributed by atoms with van der Waals surface area (Å²) in [7, 11) is 0. The monoisotopic (exact) mass is 381 g/mol. The highest BCUT2D eigenvalue weighted by molar-refractivity contribution is 5.94. The predicted molar refractivity (Wildman–Crippen MR) is 107 cm³/mol. The smallest absolute Gasteiger partial charge is 0.253 e. The van der Waals surface area contributed by atoms with Crippen molar-refractivity contribution in [2.75, 3.05) is 19.7 Å². The zero-order chi connectivity index (χ0) is 19.8. The van der Waals surface area contributed by atoms with E-state index in [0.717, 1.165) is 17.7 Å². The molecule has 6 heteroatoms. The Bertz CT molecular complexity index is 787. The summed E-state index contributed by atoms with van der Waals surface area (Å²) >= 11 is 0. The Labute approximate surface area is 165 Å². The minimum absolute atomic E-state index is 0.00355. The number of pyridine rings is 1. The van der Waals surface area contributed by atoms with Crippen molar-refractivity contribution >= 4 is 11.8 Å². The average molecular weight is 381 g/mol. The summed E-state index contributed by atoms with van der Waals surface area (Å²) in [6, 6.07) is 11.1. The molecule has 2 heterocycles. The topological polar surface area (TPSA) is 71.5 Å². The highest BCUT2D eigenvalue weighted by atomic mass is 16.5. The quantitative estimate of drug-likeness (QED) is 0.800. The molecule has 1 N–H and O–H groups in total. The number of rotatable bonds is 7. The number of hydrogen-bond donors (Lipinski definition) is 1. The van der Waals surface area contributed by atoms with Gasteiger partial charge in [-0.1, -0.05) is 19.1 Å². The predicted octanol–water partition coefficient (Wildman–Crippen LogP) is 3.04. The molecule has 1 aromatic carbocycles. The number of nitrogens with one attached hydrogen (secondary N) is 1. The first-order chi connectivity index (χ1) is 13.7. The maximum absolute atomic E-state index is 12.8. The van der Waals surface area contributed by atoms with Gasteiger partial charge in [-0.3, -0.25) is 14.6 Å². The molecule has 1 aliphatic rings. The van der Waals surface area contributed by atoms with Crippen LogP contribution in [-0.2, 0) is 11.3 Å². The van der Waals surface area contributed by atoms with Crippen molar-refractivity contribution in [3.8, 4) is 5.75 Å². The molecule has 148 valence electrons. The van der Waals surface area contributed by atoms with Crippen LogP contribution in [0.2, 0.25) is 0 Å². The van der Waals surface area contributed by atoms with Gasteiger partial charge in [-0.2, -0.15) is 0 Å². The zero-order valence-corrected chi connectivity index (χ0v) is 16.3. The first kappa shape index (κ1) is 19.9. The van der Waals surface area contributed by atoms with E-state index in [2.05, 4.69) is 10.3 Å². The van der Waals surface area contributed by atoms with Gasteiger partial charge in [0, 0.05) is 43.5 Å². The third kappa shape index (κ3) is 5.31. The molecule has 1 aliphatic heterocycles. The first-order valence-corrected chi connectivity index (χ1v) is 9.86. The second kappa shape index (κ2) is 9.88. The van der Waals surface area contributed by atoms with Crippen LogP contribution in [0.25, 0.3) is 0 Å². The second-order valence-electron chi connectivity index (χ2n) is 7.02. The summed E-state index contributed by atoms with van der Waals surface area (Å²) < 4.78 is 5.62. The summed E-state index contributed by atoms with van der Waals surface area (Å²) in [5, 5.41) is 2.97. The maximum Gasteiger partial charge on any atom is 0.253 e. The van der Waals surface area contributed by atoms with Crippen LogP contribution in [0.15, 0.2) is 48.8 Å². The van der Waals surface area contributed by atoms with Crippen molar-refractivity contribution in [2.45, 2.75) is 32.7 Å². The molecule has 0 radical (unpaired) electrons. The number of benzene rings is 1. The van der Waals surface area contributed by atoms with Crippen LogP contribution in [0, 0.1) is 5.92 Å². The summed E-state index contributed by atoms with van der Waals surface area (Å²) in [4.78, 5) is 31.1. The van der Waals surface area contributed by atoms with E-state index in [4.69, 9.17) is 4.74 Å². The molecule has 1 aromatic heterocycles. The third-order valence-corrected chi connectivity index (χ3v) is 4.90. The molecular formula is C22H27N3O3. The van der Waals surface area contributed by atoms with Crippen LogP contribution in [0.1, 0.15) is 42.1 Å². The lowest BCUT2D eigenvalue weighted by molar-refractivity contribution is -0.126. The average Bonchev–Trinajstić information content (AvgIpc) is 2.76. The summed E-state index contributed by atoms with van der Waals surface area (Å²) in [5.41, 5.74) is 1.61. The van der Waals surface area contributed by atoms with Gasteiger partial charge in [0.25, 0.3) is 5.91 Å². The van der Waals surface area contributed by atoms with Gasteiger partial charge >= 0.3 is 0 Å². The first-order valence-electron chi connectivity index (χ1n) is 9.86. The van der Waals surface area contributed by atoms with Gasteiger partial charge in [0.2, 0.25) is 5.91 Å². The number of hydrogen-bond acceptors (Lipinski definition) is 4. The van der Waals surface area contributed by atoms with Gasteiger partial charge in [-0.15, -0.1) is 0 Å². The van der Waals surface area contributed by atoms with Crippen LogP contribution >= 0.6 is 0 Å². The Morgan fingerprint density at radius 3 is 2.75 bits per heavy atom. The van der Waals surface area contributed by atoms with E-state index in [1.54, 1.807) is 18.5 Å². The molecule has 0 unspecified atom stereocenters. The number of carbonyl (C=O) groups excluding carboxylic acids is 2. The molecule has 2 amide bonds. The fourth-order valence-electron chi connectivity index (χ4n) is 3.30. The van der Waals surface area contributed by atoms with Gasteiger partial charge in [-0.05, 0) is 49.1 Å². The third-order valence-electron chi connectivity index (χ3n) is 4.90. The molecule has 0 aliphatic carbocycles. The number of amides is 2. The summed E-state index contributed by atoms with van der Waals surface area (Å²) in [6.07, 6.45) is 5.74. The van der Waals surface area contributed by atoms with Crippen LogP contribution in [0.3, 0.4) is 0 Å². The number of carbonyl (C=O) groups is 2. The molecule has 1 fully saturated rings. The molecule has 0 atom stereocenters. The summed E-state index contributed by atoms with van der Waals surface area (Å²) in [5.74, 6) is 0.708. The summed E-state index contributed by atoms with van der Waals surface area (Å²) in [6.45, 7) is 4.34. The van der Waals surface area contributed by atoms with E-state index in [0.29, 0.717) is 44.6 Å². The van der Waals surface area contributed by atoms with E-state index in [1.165, 1.54) is 0 Å². The second-order valence-corrected chi connectivity index (χ2v) is 7.02. The van der Waals surface area contributed by atoms with E-state index >= 15 is 0 Å². The molecule has 3 rings (SSSR count). The lowest BCUT2D eigenvalue weighted by Gasteiger charge is -2.31. The molecule has 6 nitrogen and oxygen atoms in total. The number of likely N-dealkylation sites (tertiary alicyclic amines) is 1. The van der Waals surface area contributed by atoms with E-state index < -0.39 is 0 Å². The highest BCUT2D eigenvalue weighted by Crippen LogP contribution is 2.21. The minimum atomic E-state index is -0.0556. The Hall–Kier alpha value is -2.89. The van der Waals surface area contributed by atoms with Crippen LogP contribution < -0.4 is 10.1 Å². The lowest BCUT2D eigenvalue weighted by atomic mass is 9.95. The van der Waals surface area contributed by atoms with Crippen molar-refractivity contribution in [1.82, 2.24) is 15.2 Å². The molecule has 1 saturated heterocycles. The normalized spacial score (nSPS) is 14.5. The Kier molecular flexibility index (Phi) is 7.00. The molecule has 28 heavy (non-hydrogen) atoms. The SMILES string of the molecule is CCCOc1cccc(C(=O)N2CCC(C(=O)NCc3cccnc3)CC2)c1. The van der Waals surface area contributed by atoms with Crippen molar-refractivity contribution < 1.29 is 14.3 Å². The Morgan fingerprint density at radius 2 is 2.04 bits per heavy atom. The van der Waals surface area contributed by atoms with Gasteiger partial charge in [0.1, 0.15) is 5.75 Å². The minimum Gasteiger partial charge on any atom is -0.494 e. The number of piperidine rings is 1. The number of ether oxygens (including phenoxy) is 1. The van der Waals surface area contributed by atoms with Crippen molar-refractivity contribution in [2.24, 2.45) is 5.92 Å². The molecule has 2 aromatic rings. The highest BCUT2D eigenvalue weighted by Gasteiger charge is 2.27. The number of nitrogens with zero attached hydrogens (tertiary/aromatic N) is 2. The molecular weight excluding hydrogens is 354 g/mol. The zero-order valence-electron chi connectivity index (χ0n) is 16.3. The van der Waals surface area contributed by atoms with Crippen molar-refractivity contribution in [1.29, 1.82) is 0 Å². The van der Waals surface area contributed by atoms with Gasteiger partial charge < -0.3 is 15.0 Å². The Balaban J connectivity index is 1.49. The molecule has 0 saturated carbocycles.